The monoisotopic (exact) mass is 192 g/mol. The Morgan fingerprint density at radius 3 is 2.71 bits per heavy atom. The van der Waals surface area contributed by atoms with Crippen molar-refractivity contribution in [3.8, 4) is 5.75 Å². The summed E-state index contributed by atoms with van der Waals surface area (Å²) in [5, 5.41) is 9.12. The third kappa shape index (κ3) is 2.82. The van der Waals surface area contributed by atoms with Gasteiger partial charge in [0.25, 0.3) is 5.91 Å². The number of amides is 1. The van der Waals surface area contributed by atoms with Gasteiger partial charge in [0.2, 0.25) is 0 Å². The number of hydrogen-bond acceptors (Lipinski definition) is 3. The summed E-state index contributed by atoms with van der Waals surface area (Å²) in [6.07, 6.45) is 0. The van der Waals surface area contributed by atoms with Gasteiger partial charge < -0.3 is 10.5 Å². The second-order valence-corrected chi connectivity index (χ2v) is 2.91. The van der Waals surface area contributed by atoms with Gasteiger partial charge in [0, 0.05) is 11.3 Å². The van der Waals surface area contributed by atoms with Crippen LogP contribution in [0, 0.1) is 0 Å². The predicted octanol–water partition coefficient (Wildman–Crippen LogP) is 1.16. The highest BCUT2D eigenvalue weighted by molar-refractivity contribution is 5.94. The molecule has 0 fully saturated rings. The Morgan fingerprint density at radius 1 is 1.43 bits per heavy atom. The summed E-state index contributed by atoms with van der Waals surface area (Å²) in [6.45, 7) is 5.29. The molecule has 74 valence electrons. The number of rotatable bonds is 3. The van der Waals surface area contributed by atoms with E-state index in [0.717, 1.165) is 0 Å². The van der Waals surface area contributed by atoms with Crippen molar-refractivity contribution in [1.29, 1.82) is 0 Å². The number of carbonyl (C=O) groups excluding carboxylic acids is 1. The zero-order valence-corrected chi connectivity index (χ0v) is 7.87. The number of nitrogens with one attached hydrogen (secondary N) is 2. The van der Waals surface area contributed by atoms with E-state index in [2.05, 4.69) is 17.4 Å². The first-order valence-electron chi connectivity index (χ1n) is 4.10. The third-order valence-electron chi connectivity index (χ3n) is 1.50. The number of hydrogen-bond donors (Lipinski definition) is 3. The van der Waals surface area contributed by atoms with Crippen LogP contribution < -0.4 is 10.9 Å². The molecule has 0 saturated heterocycles. The summed E-state index contributed by atoms with van der Waals surface area (Å²) in [5.41, 5.74) is 6.04. The normalized spacial score (nSPS) is 9.21. The molecule has 4 nitrogen and oxygen atoms in total. The molecule has 3 N–H and O–H groups in total. The summed E-state index contributed by atoms with van der Waals surface area (Å²) in [7, 11) is 0. The number of benzene rings is 1. The fourth-order valence-electron chi connectivity index (χ4n) is 0.883. The molecule has 0 spiro atoms. The lowest BCUT2D eigenvalue weighted by molar-refractivity contribution is 0.0938. The van der Waals surface area contributed by atoms with Gasteiger partial charge in [-0.15, -0.1) is 0 Å². The van der Waals surface area contributed by atoms with Crippen LogP contribution in [0.25, 0.3) is 0 Å². The van der Waals surface area contributed by atoms with E-state index in [-0.39, 0.29) is 11.7 Å². The highest BCUT2D eigenvalue weighted by Crippen LogP contribution is 2.10. The summed E-state index contributed by atoms with van der Waals surface area (Å²) in [4.78, 5) is 11.4. The Kier molecular flexibility index (Phi) is 3.12. The van der Waals surface area contributed by atoms with Crippen LogP contribution in [0.1, 0.15) is 17.3 Å². The van der Waals surface area contributed by atoms with Crippen molar-refractivity contribution in [3.05, 3.63) is 42.1 Å². The zero-order chi connectivity index (χ0) is 10.6. The Labute approximate surface area is 82.2 Å². The highest BCUT2D eigenvalue weighted by atomic mass is 16.3. The average molecular weight is 192 g/mol. The molecule has 0 bridgehead atoms. The van der Waals surface area contributed by atoms with Gasteiger partial charge in [-0.05, 0) is 25.1 Å². The van der Waals surface area contributed by atoms with Crippen LogP contribution in [0.3, 0.4) is 0 Å². The number of carbonyl (C=O) groups is 1. The molecule has 0 heterocycles. The zero-order valence-electron chi connectivity index (χ0n) is 7.87. The maximum Gasteiger partial charge on any atom is 0.269 e. The SMILES string of the molecule is C=C(C)NNC(=O)c1cccc(O)c1. The van der Waals surface area contributed by atoms with E-state index in [4.69, 9.17) is 5.11 Å². The van der Waals surface area contributed by atoms with Crippen LogP contribution in [0.2, 0.25) is 0 Å². The summed E-state index contributed by atoms with van der Waals surface area (Å²) >= 11 is 0. The number of phenolic OH excluding ortho intramolecular Hbond substituents is 1. The van der Waals surface area contributed by atoms with Crippen molar-refractivity contribution < 1.29 is 9.90 Å². The maximum atomic E-state index is 11.4. The average Bonchev–Trinajstić information content (AvgIpc) is 2.14. The van der Waals surface area contributed by atoms with Gasteiger partial charge in [-0.2, -0.15) is 0 Å². The summed E-state index contributed by atoms with van der Waals surface area (Å²) in [6, 6.07) is 6.10. The van der Waals surface area contributed by atoms with Crippen molar-refractivity contribution in [2.75, 3.05) is 0 Å². The molecule has 0 aliphatic rings. The third-order valence-corrected chi connectivity index (χ3v) is 1.50. The Bertz CT molecular complexity index is 361. The minimum absolute atomic E-state index is 0.0629. The lowest BCUT2D eigenvalue weighted by Crippen LogP contribution is -2.35. The van der Waals surface area contributed by atoms with E-state index in [1.54, 1.807) is 19.1 Å². The second kappa shape index (κ2) is 4.32. The van der Waals surface area contributed by atoms with E-state index in [0.29, 0.717) is 11.3 Å². The van der Waals surface area contributed by atoms with E-state index < -0.39 is 0 Å². The van der Waals surface area contributed by atoms with E-state index in [1.807, 2.05) is 0 Å². The molecule has 0 aromatic heterocycles. The van der Waals surface area contributed by atoms with Crippen LogP contribution in [-0.4, -0.2) is 11.0 Å². The standard InChI is InChI=1S/C10H12N2O2/c1-7(2)11-12-10(14)8-4-3-5-9(13)6-8/h3-6,11,13H,1H2,2H3,(H,12,14). The van der Waals surface area contributed by atoms with Crippen LogP contribution in [-0.2, 0) is 0 Å². The van der Waals surface area contributed by atoms with E-state index >= 15 is 0 Å². The van der Waals surface area contributed by atoms with Gasteiger partial charge in [0.05, 0.1) is 0 Å². The fraction of sp³-hybridized carbons (Fsp3) is 0.100. The Hall–Kier alpha value is -1.97. The largest absolute Gasteiger partial charge is 0.508 e. The number of aromatic hydroxyl groups is 1. The molecule has 0 unspecified atom stereocenters. The number of allylic oxidation sites excluding steroid dienone is 1. The van der Waals surface area contributed by atoms with Gasteiger partial charge >= 0.3 is 0 Å². The lowest BCUT2D eigenvalue weighted by atomic mass is 10.2. The van der Waals surface area contributed by atoms with Gasteiger partial charge in [-0.1, -0.05) is 12.6 Å². The van der Waals surface area contributed by atoms with Gasteiger partial charge in [-0.25, -0.2) is 0 Å². The molecule has 0 saturated carbocycles. The second-order valence-electron chi connectivity index (χ2n) is 2.91. The minimum Gasteiger partial charge on any atom is -0.508 e. The molecule has 1 aromatic rings. The highest BCUT2D eigenvalue weighted by Gasteiger charge is 2.04. The molecule has 0 atom stereocenters. The molecule has 1 amide bonds. The first-order valence-corrected chi connectivity index (χ1v) is 4.10. The van der Waals surface area contributed by atoms with Crippen LogP contribution in [0.15, 0.2) is 36.5 Å². The molecular weight excluding hydrogens is 180 g/mol. The molecule has 0 radical (unpaired) electrons. The van der Waals surface area contributed by atoms with Crippen LogP contribution in [0.4, 0.5) is 0 Å². The molecule has 1 rings (SSSR count). The minimum atomic E-state index is -0.316. The smallest absolute Gasteiger partial charge is 0.269 e. The fourth-order valence-corrected chi connectivity index (χ4v) is 0.883. The van der Waals surface area contributed by atoms with E-state index in [9.17, 15) is 4.79 Å². The first-order chi connectivity index (χ1) is 6.59. The first kappa shape index (κ1) is 10.1. The van der Waals surface area contributed by atoms with Crippen molar-refractivity contribution in [3.63, 3.8) is 0 Å². The lowest BCUT2D eigenvalue weighted by Gasteiger charge is -2.07. The molecule has 4 heteroatoms. The molecule has 0 aliphatic carbocycles. The van der Waals surface area contributed by atoms with Gasteiger partial charge in [-0.3, -0.25) is 10.2 Å². The predicted molar refractivity (Wildman–Crippen MR) is 53.5 cm³/mol. The van der Waals surface area contributed by atoms with Crippen molar-refractivity contribution in [1.82, 2.24) is 10.9 Å². The quantitative estimate of drug-likeness (QED) is 0.630. The molecule has 1 aromatic carbocycles. The Balaban J connectivity index is 2.65. The summed E-state index contributed by atoms with van der Waals surface area (Å²) < 4.78 is 0. The molecular formula is C10H12N2O2. The van der Waals surface area contributed by atoms with Crippen molar-refractivity contribution in [2.24, 2.45) is 0 Å². The van der Waals surface area contributed by atoms with Crippen LogP contribution in [0.5, 0.6) is 5.75 Å². The van der Waals surface area contributed by atoms with Crippen LogP contribution >= 0.6 is 0 Å². The molecule has 0 aliphatic heterocycles. The maximum absolute atomic E-state index is 11.4. The summed E-state index contributed by atoms with van der Waals surface area (Å²) in [5.74, 6) is -0.253. The van der Waals surface area contributed by atoms with E-state index in [1.165, 1.54) is 12.1 Å². The Morgan fingerprint density at radius 2 is 2.14 bits per heavy atom. The van der Waals surface area contributed by atoms with Gasteiger partial charge in [0.15, 0.2) is 0 Å². The van der Waals surface area contributed by atoms with Gasteiger partial charge in [0.1, 0.15) is 5.75 Å². The van der Waals surface area contributed by atoms with Crippen molar-refractivity contribution in [2.45, 2.75) is 6.92 Å². The molecule has 14 heavy (non-hydrogen) atoms. The topological polar surface area (TPSA) is 61.4 Å². The number of hydrazine groups is 1. The number of phenols is 1. The van der Waals surface area contributed by atoms with Crippen molar-refractivity contribution >= 4 is 5.91 Å².